The molecule has 0 atom stereocenters. The Labute approximate surface area is 158 Å². The number of hydrogen-bond acceptors (Lipinski definition) is 4. The van der Waals surface area contributed by atoms with Crippen LogP contribution in [-0.4, -0.2) is 18.5 Å². The van der Waals surface area contributed by atoms with E-state index in [9.17, 15) is 13.5 Å². The SMILES string of the molecule is Cc1cc(C#Cc2ccc(S(=O)(=O)Nc3ccccn3)cc2)cc(C)c1O. The summed E-state index contributed by atoms with van der Waals surface area (Å²) in [5.41, 5.74) is 3.01. The van der Waals surface area contributed by atoms with Crippen molar-refractivity contribution >= 4 is 15.8 Å². The minimum absolute atomic E-state index is 0.134. The fourth-order valence-corrected chi connectivity index (χ4v) is 3.52. The first-order valence-corrected chi connectivity index (χ1v) is 9.69. The first-order valence-electron chi connectivity index (χ1n) is 8.21. The molecule has 0 aliphatic rings. The Balaban J connectivity index is 1.80. The van der Waals surface area contributed by atoms with Gasteiger partial charge in [-0.3, -0.25) is 4.72 Å². The quantitative estimate of drug-likeness (QED) is 0.683. The van der Waals surface area contributed by atoms with E-state index in [1.807, 2.05) is 26.0 Å². The third-order valence-electron chi connectivity index (χ3n) is 3.91. The topological polar surface area (TPSA) is 79.3 Å². The van der Waals surface area contributed by atoms with Crippen LogP contribution in [0.4, 0.5) is 5.82 Å². The normalized spacial score (nSPS) is 10.7. The highest BCUT2D eigenvalue weighted by atomic mass is 32.2. The molecule has 1 heterocycles. The van der Waals surface area contributed by atoms with Crippen LogP contribution in [0, 0.1) is 25.7 Å². The molecule has 0 saturated heterocycles. The van der Waals surface area contributed by atoms with Crippen molar-refractivity contribution in [1.82, 2.24) is 4.98 Å². The van der Waals surface area contributed by atoms with E-state index in [2.05, 4.69) is 21.5 Å². The molecule has 0 unspecified atom stereocenters. The van der Waals surface area contributed by atoms with E-state index in [-0.39, 0.29) is 16.5 Å². The molecule has 136 valence electrons. The van der Waals surface area contributed by atoms with Crippen molar-refractivity contribution in [3.05, 3.63) is 83.0 Å². The second-order valence-electron chi connectivity index (χ2n) is 6.05. The number of aromatic hydroxyl groups is 1. The number of phenolic OH excluding ortho intramolecular Hbond substituents is 1. The molecule has 0 aliphatic carbocycles. The molecule has 2 aromatic carbocycles. The molecule has 0 radical (unpaired) electrons. The van der Waals surface area contributed by atoms with Gasteiger partial charge in [0.2, 0.25) is 0 Å². The summed E-state index contributed by atoms with van der Waals surface area (Å²) in [7, 11) is -3.70. The maximum atomic E-state index is 12.4. The molecule has 0 fully saturated rings. The van der Waals surface area contributed by atoms with Gasteiger partial charge in [0.1, 0.15) is 11.6 Å². The van der Waals surface area contributed by atoms with E-state index < -0.39 is 10.0 Å². The Kier molecular flexibility index (Phi) is 5.15. The summed E-state index contributed by atoms with van der Waals surface area (Å²) < 4.78 is 27.2. The Morgan fingerprint density at radius 2 is 1.56 bits per heavy atom. The van der Waals surface area contributed by atoms with Crippen molar-refractivity contribution in [1.29, 1.82) is 0 Å². The zero-order valence-electron chi connectivity index (χ0n) is 14.9. The largest absolute Gasteiger partial charge is 0.507 e. The maximum Gasteiger partial charge on any atom is 0.263 e. The van der Waals surface area contributed by atoms with Gasteiger partial charge in [-0.2, -0.15) is 0 Å². The summed E-state index contributed by atoms with van der Waals surface area (Å²) in [6.07, 6.45) is 1.52. The fourth-order valence-electron chi connectivity index (χ4n) is 2.51. The predicted molar refractivity (Wildman–Crippen MR) is 105 cm³/mol. The molecule has 6 heteroatoms. The maximum absolute atomic E-state index is 12.4. The molecule has 0 bridgehead atoms. The van der Waals surface area contributed by atoms with E-state index in [1.54, 1.807) is 30.3 Å². The van der Waals surface area contributed by atoms with E-state index >= 15 is 0 Å². The van der Waals surface area contributed by atoms with Crippen molar-refractivity contribution in [3.8, 4) is 17.6 Å². The first-order chi connectivity index (χ1) is 12.8. The lowest BCUT2D eigenvalue weighted by Gasteiger charge is -2.07. The van der Waals surface area contributed by atoms with Crippen LogP contribution < -0.4 is 4.72 Å². The summed E-state index contributed by atoms with van der Waals surface area (Å²) in [4.78, 5) is 4.09. The highest BCUT2D eigenvalue weighted by molar-refractivity contribution is 7.92. The van der Waals surface area contributed by atoms with Crippen molar-refractivity contribution in [3.63, 3.8) is 0 Å². The lowest BCUT2D eigenvalue weighted by Crippen LogP contribution is -2.13. The zero-order valence-corrected chi connectivity index (χ0v) is 15.7. The number of hydrogen-bond donors (Lipinski definition) is 2. The van der Waals surface area contributed by atoms with Gasteiger partial charge in [0.25, 0.3) is 10.0 Å². The van der Waals surface area contributed by atoms with Gasteiger partial charge in [-0.25, -0.2) is 13.4 Å². The van der Waals surface area contributed by atoms with E-state index in [1.165, 1.54) is 18.3 Å². The van der Waals surface area contributed by atoms with Crippen LogP contribution in [0.25, 0.3) is 0 Å². The van der Waals surface area contributed by atoms with Crippen molar-refractivity contribution in [2.45, 2.75) is 18.7 Å². The third kappa shape index (κ3) is 4.46. The number of aryl methyl sites for hydroxylation is 2. The molecular weight excluding hydrogens is 360 g/mol. The number of pyridine rings is 1. The third-order valence-corrected chi connectivity index (χ3v) is 5.28. The number of benzene rings is 2. The molecule has 0 aliphatic heterocycles. The van der Waals surface area contributed by atoms with Gasteiger partial charge in [0.05, 0.1) is 4.90 Å². The second-order valence-corrected chi connectivity index (χ2v) is 7.74. The van der Waals surface area contributed by atoms with Crippen LogP contribution in [-0.2, 0) is 10.0 Å². The van der Waals surface area contributed by atoms with Crippen LogP contribution in [0.2, 0.25) is 0 Å². The number of anilines is 1. The van der Waals surface area contributed by atoms with Crippen LogP contribution >= 0.6 is 0 Å². The average molecular weight is 378 g/mol. The van der Waals surface area contributed by atoms with Crippen LogP contribution in [0.1, 0.15) is 22.3 Å². The van der Waals surface area contributed by atoms with E-state index in [4.69, 9.17) is 0 Å². The molecule has 2 N–H and O–H groups in total. The number of rotatable bonds is 3. The Hall–Kier alpha value is -3.30. The fraction of sp³-hybridized carbons (Fsp3) is 0.0952. The molecular formula is C21H18N2O3S. The summed E-state index contributed by atoms with van der Waals surface area (Å²) in [5, 5.41) is 9.81. The Morgan fingerprint density at radius 3 is 2.15 bits per heavy atom. The van der Waals surface area contributed by atoms with E-state index in [0.717, 1.165) is 16.7 Å². The minimum atomic E-state index is -3.70. The molecule has 0 amide bonds. The molecule has 27 heavy (non-hydrogen) atoms. The van der Waals surface area contributed by atoms with Gasteiger partial charge < -0.3 is 5.11 Å². The lowest BCUT2D eigenvalue weighted by molar-refractivity contribution is 0.467. The zero-order chi connectivity index (χ0) is 19.4. The average Bonchev–Trinajstić information content (AvgIpc) is 2.65. The van der Waals surface area contributed by atoms with Gasteiger partial charge in [-0.1, -0.05) is 17.9 Å². The summed E-state index contributed by atoms with van der Waals surface area (Å²) in [6, 6.07) is 14.9. The molecule has 3 rings (SSSR count). The van der Waals surface area contributed by atoms with Crippen molar-refractivity contribution in [2.24, 2.45) is 0 Å². The molecule has 5 nitrogen and oxygen atoms in total. The number of nitrogens with one attached hydrogen (secondary N) is 1. The number of sulfonamides is 1. The Morgan fingerprint density at radius 1 is 0.926 bits per heavy atom. The van der Waals surface area contributed by atoms with Gasteiger partial charge in [-0.05, 0) is 73.5 Å². The standard InChI is InChI=1S/C21H18N2O3S/c1-15-13-18(14-16(2)21(15)24)7-6-17-8-10-19(11-9-17)27(25,26)23-20-5-3-4-12-22-20/h3-5,8-14,24H,1-2H3,(H,22,23). The smallest absolute Gasteiger partial charge is 0.263 e. The highest BCUT2D eigenvalue weighted by Crippen LogP contribution is 2.22. The van der Waals surface area contributed by atoms with Gasteiger partial charge in [-0.15, -0.1) is 0 Å². The molecule has 0 saturated carbocycles. The lowest BCUT2D eigenvalue weighted by atomic mass is 10.1. The summed E-state index contributed by atoms with van der Waals surface area (Å²) in [5.74, 6) is 6.57. The van der Waals surface area contributed by atoms with Crippen LogP contribution in [0.15, 0.2) is 65.7 Å². The summed E-state index contributed by atoms with van der Waals surface area (Å²) >= 11 is 0. The van der Waals surface area contributed by atoms with Gasteiger partial charge in [0, 0.05) is 17.3 Å². The Bertz CT molecular complexity index is 1100. The predicted octanol–water partition coefficient (Wildman–Crippen LogP) is 3.60. The first kappa shape index (κ1) is 18.5. The molecule has 3 aromatic rings. The van der Waals surface area contributed by atoms with Crippen LogP contribution in [0.3, 0.4) is 0 Å². The monoisotopic (exact) mass is 378 g/mol. The van der Waals surface area contributed by atoms with Crippen LogP contribution in [0.5, 0.6) is 5.75 Å². The minimum Gasteiger partial charge on any atom is -0.507 e. The highest BCUT2D eigenvalue weighted by Gasteiger charge is 2.14. The van der Waals surface area contributed by atoms with Crippen molar-refractivity contribution in [2.75, 3.05) is 4.72 Å². The summed E-state index contributed by atoms with van der Waals surface area (Å²) in [6.45, 7) is 3.64. The van der Waals surface area contributed by atoms with Gasteiger partial charge in [0.15, 0.2) is 0 Å². The second kappa shape index (κ2) is 7.52. The number of phenols is 1. The van der Waals surface area contributed by atoms with Crippen molar-refractivity contribution < 1.29 is 13.5 Å². The molecule has 0 spiro atoms. The number of aromatic nitrogens is 1. The van der Waals surface area contributed by atoms with Gasteiger partial charge >= 0.3 is 0 Å². The molecule has 1 aromatic heterocycles. The van der Waals surface area contributed by atoms with E-state index in [0.29, 0.717) is 5.56 Å². The number of nitrogens with zero attached hydrogens (tertiary/aromatic N) is 1.